The van der Waals surface area contributed by atoms with E-state index in [1.807, 2.05) is 6.07 Å². The lowest BCUT2D eigenvalue weighted by atomic mass is 10.1. The van der Waals surface area contributed by atoms with Crippen LogP contribution in [-0.2, 0) is 11.2 Å². The molecule has 3 aromatic rings. The fraction of sp³-hybridized carbons (Fsp3) is 0.192. The summed E-state index contributed by atoms with van der Waals surface area (Å²) in [7, 11) is 1.07. The topological polar surface area (TPSA) is 110 Å². The number of hydrogen-bond acceptors (Lipinski definition) is 6. The first kappa shape index (κ1) is 24.4. The Balaban J connectivity index is 1.52. The van der Waals surface area contributed by atoms with Crippen LogP contribution in [0.4, 0.5) is 4.39 Å². The largest absolute Gasteiger partial charge is 0.497 e. The summed E-state index contributed by atoms with van der Waals surface area (Å²) in [6.07, 6.45) is 2.05. The van der Waals surface area contributed by atoms with Crippen molar-refractivity contribution in [1.82, 2.24) is 10.3 Å². The lowest BCUT2D eigenvalue weighted by Crippen LogP contribution is -2.29. The van der Waals surface area contributed by atoms with Gasteiger partial charge in [0.25, 0.3) is 5.91 Å². The van der Waals surface area contributed by atoms with Gasteiger partial charge in [0.05, 0.1) is 18.4 Å². The Kier molecular flexibility index (Phi) is 7.42. The molecule has 1 aliphatic rings. The summed E-state index contributed by atoms with van der Waals surface area (Å²) in [6.45, 7) is 2.45. The number of pyridine rings is 1. The van der Waals surface area contributed by atoms with Crippen LogP contribution >= 0.6 is 7.92 Å². The zero-order valence-electron chi connectivity index (χ0n) is 19.5. The first-order valence-electron chi connectivity index (χ1n) is 11.0. The van der Waals surface area contributed by atoms with Gasteiger partial charge in [-0.3, -0.25) is 4.79 Å². The maximum absolute atomic E-state index is 13.4. The van der Waals surface area contributed by atoms with Crippen LogP contribution in [0.5, 0.6) is 11.5 Å². The van der Waals surface area contributed by atoms with E-state index >= 15 is 0 Å². The number of methoxy groups -OCH3 is 1. The number of aromatic nitrogens is 1. The molecule has 1 unspecified atom stereocenters. The average Bonchev–Trinajstić information content (AvgIpc) is 3.25. The van der Waals surface area contributed by atoms with E-state index in [9.17, 15) is 9.18 Å². The maximum atomic E-state index is 13.4. The number of hydrogen-bond donors (Lipinski definition) is 3. The van der Waals surface area contributed by atoms with Crippen LogP contribution in [-0.4, -0.2) is 43.8 Å². The van der Waals surface area contributed by atoms with E-state index in [0.717, 1.165) is 28.5 Å². The number of nitrogens with zero attached hydrogens (tertiary/aromatic N) is 1. The Morgan fingerprint density at radius 1 is 1.29 bits per heavy atom. The minimum atomic E-state index is -0.477. The molecule has 4 N–H and O–H groups in total. The van der Waals surface area contributed by atoms with Crippen molar-refractivity contribution in [2.24, 2.45) is 5.73 Å². The standard InChI is InChI=1S/C26H26FN4O3P/c1-33-20-5-3-4-17(12-20)23(29)21(14-28)26(32)30-11-10-19-13-22-25(34-15-35(22)2)24(31-19)16-6-8-18(27)9-7-16/h3-9,12-14,28H,10-11,15,29H2,1-2H3,(H,30,32)/b23-21+,28-14?. The molecule has 2 heterocycles. The molecule has 0 spiro atoms. The Morgan fingerprint density at radius 3 is 2.77 bits per heavy atom. The van der Waals surface area contributed by atoms with Gasteiger partial charge in [-0.1, -0.05) is 12.1 Å². The highest BCUT2D eigenvalue weighted by Gasteiger charge is 2.26. The predicted molar refractivity (Wildman–Crippen MR) is 137 cm³/mol. The summed E-state index contributed by atoms with van der Waals surface area (Å²) in [6, 6.07) is 15.2. The molecule has 1 amide bonds. The number of nitrogens with two attached hydrogens (primary N) is 1. The molecule has 1 aliphatic heterocycles. The van der Waals surface area contributed by atoms with Gasteiger partial charge < -0.3 is 25.9 Å². The van der Waals surface area contributed by atoms with Crippen molar-refractivity contribution in [3.8, 4) is 22.8 Å². The van der Waals surface area contributed by atoms with Crippen LogP contribution in [0.15, 0.2) is 60.2 Å². The summed E-state index contributed by atoms with van der Waals surface area (Å²) >= 11 is 0. The molecule has 0 saturated heterocycles. The number of nitrogens with one attached hydrogen (secondary N) is 2. The van der Waals surface area contributed by atoms with E-state index in [1.165, 1.54) is 12.1 Å². The van der Waals surface area contributed by atoms with E-state index in [4.69, 9.17) is 25.6 Å². The Labute approximate surface area is 204 Å². The van der Waals surface area contributed by atoms with Crippen molar-refractivity contribution < 1.29 is 18.7 Å². The summed E-state index contributed by atoms with van der Waals surface area (Å²) in [5.41, 5.74) is 9.30. The monoisotopic (exact) mass is 492 g/mol. The van der Waals surface area contributed by atoms with Crippen LogP contribution < -0.4 is 25.8 Å². The van der Waals surface area contributed by atoms with Crippen molar-refractivity contribution >= 4 is 31.0 Å². The number of rotatable bonds is 8. The number of carbonyl (C=O) groups is 1. The van der Waals surface area contributed by atoms with Crippen molar-refractivity contribution in [3.05, 3.63) is 77.2 Å². The third-order valence-corrected chi connectivity index (χ3v) is 7.34. The second-order valence-corrected chi connectivity index (χ2v) is 10.1. The minimum Gasteiger partial charge on any atom is -0.497 e. The first-order valence-corrected chi connectivity index (χ1v) is 12.9. The van der Waals surface area contributed by atoms with Crippen LogP contribution in [0, 0.1) is 11.2 Å². The molecule has 0 aliphatic carbocycles. The fourth-order valence-electron chi connectivity index (χ4n) is 3.77. The van der Waals surface area contributed by atoms with Crippen LogP contribution in [0.3, 0.4) is 0 Å². The zero-order chi connectivity index (χ0) is 24.9. The van der Waals surface area contributed by atoms with Crippen molar-refractivity contribution in [3.63, 3.8) is 0 Å². The third-order valence-electron chi connectivity index (χ3n) is 5.66. The molecule has 9 heteroatoms. The van der Waals surface area contributed by atoms with Crippen LogP contribution in [0.1, 0.15) is 11.3 Å². The van der Waals surface area contributed by atoms with Gasteiger partial charge in [-0.05, 0) is 57.1 Å². The molecule has 0 radical (unpaired) electrons. The Hall–Kier alpha value is -3.77. The minimum absolute atomic E-state index is 0.0673. The maximum Gasteiger partial charge on any atom is 0.254 e. The van der Waals surface area contributed by atoms with Crippen LogP contribution in [0.2, 0.25) is 0 Å². The fourth-order valence-corrected chi connectivity index (χ4v) is 5.12. The second kappa shape index (κ2) is 10.7. The van der Waals surface area contributed by atoms with Gasteiger partial charge in [0.1, 0.15) is 23.6 Å². The Morgan fingerprint density at radius 2 is 2.06 bits per heavy atom. The molecular weight excluding hydrogens is 466 g/mol. The van der Waals surface area contributed by atoms with Gasteiger partial charge in [0, 0.05) is 41.3 Å². The molecule has 4 rings (SSSR count). The highest BCUT2D eigenvalue weighted by Crippen LogP contribution is 2.44. The van der Waals surface area contributed by atoms with Gasteiger partial charge in [-0.2, -0.15) is 0 Å². The van der Waals surface area contributed by atoms with Gasteiger partial charge in [-0.15, -0.1) is 0 Å². The number of halogens is 1. The van der Waals surface area contributed by atoms with Crippen molar-refractivity contribution in [2.75, 3.05) is 26.7 Å². The van der Waals surface area contributed by atoms with Gasteiger partial charge >= 0.3 is 0 Å². The highest BCUT2D eigenvalue weighted by molar-refractivity contribution is 7.65. The molecule has 0 fully saturated rings. The van der Waals surface area contributed by atoms with E-state index in [1.54, 1.807) is 43.5 Å². The van der Waals surface area contributed by atoms with Gasteiger partial charge in [-0.25, -0.2) is 9.37 Å². The third kappa shape index (κ3) is 5.33. The predicted octanol–water partition coefficient (Wildman–Crippen LogP) is 3.66. The van der Waals surface area contributed by atoms with E-state index in [2.05, 4.69) is 12.0 Å². The summed E-state index contributed by atoms with van der Waals surface area (Å²) < 4.78 is 24.5. The molecule has 180 valence electrons. The summed E-state index contributed by atoms with van der Waals surface area (Å²) in [5.74, 6) is 0.598. The molecule has 1 atom stereocenters. The van der Waals surface area contributed by atoms with Gasteiger partial charge in [0.2, 0.25) is 0 Å². The lowest BCUT2D eigenvalue weighted by molar-refractivity contribution is -0.116. The van der Waals surface area contributed by atoms with Crippen LogP contribution in [0.25, 0.3) is 17.0 Å². The van der Waals surface area contributed by atoms with E-state index in [-0.39, 0.29) is 17.1 Å². The highest BCUT2D eigenvalue weighted by atomic mass is 31.1. The SMILES string of the molecule is COc1cccc(/C(N)=C(/C=N)C(=O)NCCc2cc3c(c(-c4ccc(F)cc4)n2)OCP3C)c1. The van der Waals surface area contributed by atoms with Gasteiger partial charge in [0.15, 0.2) is 5.75 Å². The molecule has 0 bridgehead atoms. The molecule has 2 aromatic carbocycles. The smallest absolute Gasteiger partial charge is 0.254 e. The number of fused-ring (bicyclic) bond motifs is 1. The van der Waals surface area contributed by atoms with Crippen molar-refractivity contribution in [1.29, 1.82) is 5.41 Å². The number of benzene rings is 2. The molecule has 1 aromatic heterocycles. The number of ether oxygens (including phenoxy) is 2. The molecule has 7 nitrogen and oxygen atoms in total. The molecule has 0 saturated carbocycles. The average molecular weight is 492 g/mol. The quantitative estimate of drug-likeness (QED) is 0.253. The number of amides is 1. The Bertz CT molecular complexity index is 1290. The van der Waals surface area contributed by atoms with E-state index < -0.39 is 13.8 Å². The zero-order valence-corrected chi connectivity index (χ0v) is 20.4. The summed E-state index contributed by atoms with van der Waals surface area (Å²) in [4.78, 5) is 17.5. The molecule has 35 heavy (non-hydrogen) atoms. The second-order valence-electron chi connectivity index (χ2n) is 8.00. The summed E-state index contributed by atoms with van der Waals surface area (Å²) in [5, 5.41) is 11.6. The van der Waals surface area contributed by atoms with E-state index in [0.29, 0.717) is 36.3 Å². The normalized spacial score (nSPS) is 15.0. The number of carbonyl (C=O) groups excluding carboxylic acids is 1. The lowest BCUT2D eigenvalue weighted by Gasteiger charge is -2.12. The molecular formula is C26H26FN4O3P. The first-order chi connectivity index (χ1) is 16.9. The van der Waals surface area contributed by atoms with Crippen molar-refractivity contribution in [2.45, 2.75) is 6.42 Å².